The van der Waals surface area contributed by atoms with Crippen molar-refractivity contribution in [3.63, 3.8) is 0 Å². The van der Waals surface area contributed by atoms with Crippen molar-refractivity contribution in [1.82, 2.24) is 0 Å². The lowest BCUT2D eigenvalue weighted by molar-refractivity contribution is -0.127. The first kappa shape index (κ1) is 16.5. The molecule has 0 saturated carbocycles. The molecule has 0 spiro atoms. The second-order valence-corrected chi connectivity index (χ2v) is 3.40. The van der Waals surface area contributed by atoms with E-state index in [-0.39, 0.29) is 12.1 Å². The summed E-state index contributed by atoms with van der Waals surface area (Å²) in [7, 11) is 0. The van der Waals surface area contributed by atoms with Crippen LogP contribution in [-0.4, -0.2) is 57.4 Å². The van der Waals surface area contributed by atoms with E-state index in [9.17, 15) is 9.59 Å². The Kier molecular flexibility index (Phi) is 7.81. The fourth-order valence-electron chi connectivity index (χ4n) is 0.895. The molecule has 3 atom stereocenters. The number of carbonyl (C=O) groups is 2. The third-order valence-corrected chi connectivity index (χ3v) is 1.94. The molecule has 18 heavy (non-hydrogen) atoms. The second-order valence-electron chi connectivity index (χ2n) is 3.40. The molecule has 7 nitrogen and oxygen atoms in total. The van der Waals surface area contributed by atoms with Crippen molar-refractivity contribution in [3.05, 3.63) is 24.2 Å². The minimum absolute atomic E-state index is 0.0324. The second kappa shape index (κ2) is 8.54. The van der Waals surface area contributed by atoms with Crippen molar-refractivity contribution in [3.8, 4) is 0 Å². The van der Waals surface area contributed by atoms with Crippen molar-refractivity contribution in [2.75, 3.05) is 6.61 Å². The summed E-state index contributed by atoms with van der Waals surface area (Å²) < 4.78 is 4.75. The zero-order valence-electron chi connectivity index (χ0n) is 9.76. The summed E-state index contributed by atoms with van der Waals surface area (Å²) in [4.78, 5) is 20.2. The van der Waals surface area contributed by atoms with Gasteiger partial charge in [-0.3, -0.25) is 4.79 Å². The van der Waals surface area contributed by atoms with Gasteiger partial charge in [0.2, 0.25) is 0 Å². The summed E-state index contributed by atoms with van der Waals surface area (Å²) in [6.45, 7) is 0.783. The zero-order chi connectivity index (χ0) is 14.1. The van der Waals surface area contributed by atoms with Crippen molar-refractivity contribution in [2.45, 2.75) is 25.2 Å². The third kappa shape index (κ3) is 5.69. The molecule has 3 unspecified atom stereocenters. The van der Waals surface area contributed by atoms with Gasteiger partial charge in [-0.2, -0.15) is 0 Å². The van der Waals surface area contributed by atoms with Crippen LogP contribution in [0.5, 0.6) is 0 Å². The monoisotopic (exact) mass is 260 g/mol. The maximum absolute atomic E-state index is 10.4. The first-order chi connectivity index (χ1) is 8.43. The number of carbonyl (C=O) groups excluding carboxylic acids is 2. The van der Waals surface area contributed by atoms with Crippen molar-refractivity contribution >= 4 is 12.1 Å². The first-order valence-corrected chi connectivity index (χ1v) is 5.08. The predicted molar refractivity (Wildman–Crippen MR) is 59.9 cm³/mol. The molecule has 0 aromatic carbocycles. The summed E-state index contributed by atoms with van der Waals surface area (Å²) in [6.07, 6.45) is -3.15. The van der Waals surface area contributed by atoms with Crippen LogP contribution in [0.1, 0.15) is 17.5 Å². The molecule has 1 aromatic rings. The van der Waals surface area contributed by atoms with E-state index in [0.29, 0.717) is 5.76 Å². The molecule has 0 aliphatic heterocycles. The molecule has 102 valence electrons. The predicted octanol–water partition coefficient (Wildman–Crippen LogP) is -1.26. The highest BCUT2D eigenvalue weighted by Gasteiger charge is 2.22. The lowest BCUT2D eigenvalue weighted by atomic mass is 10.1. The van der Waals surface area contributed by atoms with Gasteiger partial charge in [-0.05, 0) is 12.1 Å². The Morgan fingerprint density at radius 1 is 1.44 bits per heavy atom. The number of rotatable bonds is 5. The summed E-state index contributed by atoms with van der Waals surface area (Å²) in [6, 6.07) is 3.33. The first-order valence-electron chi connectivity index (χ1n) is 5.08. The zero-order valence-corrected chi connectivity index (χ0v) is 9.76. The molecular weight excluding hydrogens is 244 g/mol. The number of hydrogen-bond donors (Lipinski definition) is 4. The van der Waals surface area contributed by atoms with Gasteiger partial charge in [0.05, 0.1) is 12.9 Å². The van der Waals surface area contributed by atoms with Gasteiger partial charge in [0, 0.05) is 6.92 Å². The van der Waals surface area contributed by atoms with Crippen LogP contribution >= 0.6 is 0 Å². The van der Waals surface area contributed by atoms with Crippen molar-refractivity contribution in [1.29, 1.82) is 0 Å². The maximum Gasteiger partial charge on any atom is 0.194 e. The molecule has 0 radical (unpaired) electrons. The molecule has 7 heteroatoms. The van der Waals surface area contributed by atoms with Crippen LogP contribution in [0.3, 0.4) is 0 Å². The Morgan fingerprint density at radius 2 is 2.06 bits per heavy atom. The van der Waals surface area contributed by atoms with Gasteiger partial charge in [-0.15, -0.1) is 0 Å². The highest BCUT2D eigenvalue weighted by molar-refractivity contribution is 5.91. The van der Waals surface area contributed by atoms with Crippen molar-refractivity contribution < 1.29 is 34.4 Å². The SMILES string of the molecule is CC(=O)c1ccco1.O=CC(O)C(O)C(O)CO. The lowest BCUT2D eigenvalue weighted by Crippen LogP contribution is -2.40. The fraction of sp³-hybridized carbons (Fsp3) is 0.455. The molecule has 4 N–H and O–H groups in total. The molecule has 0 aliphatic rings. The van der Waals surface area contributed by atoms with Crippen molar-refractivity contribution in [2.24, 2.45) is 0 Å². The summed E-state index contributed by atoms with van der Waals surface area (Å²) in [5.41, 5.74) is 0. The molecule has 1 rings (SSSR count). The van der Waals surface area contributed by atoms with E-state index < -0.39 is 24.9 Å². The van der Waals surface area contributed by atoms with Crippen LogP contribution < -0.4 is 0 Å². The van der Waals surface area contributed by atoms with Gasteiger partial charge in [0.25, 0.3) is 0 Å². The molecule has 0 bridgehead atoms. The van der Waals surface area contributed by atoms with Crippen LogP contribution in [-0.2, 0) is 4.79 Å². The van der Waals surface area contributed by atoms with Crippen LogP contribution in [0.15, 0.2) is 22.8 Å². The standard InChI is InChI=1S/C6H6O2.C5H10O5/c1-5(7)6-3-2-4-8-6;6-1-3(8)5(10)4(9)2-7/h2-4H,1H3;1,3-5,7-10H,2H2. The minimum atomic E-state index is -1.64. The Morgan fingerprint density at radius 3 is 2.33 bits per heavy atom. The van der Waals surface area contributed by atoms with Crippen LogP contribution in [0, 0.1) is 0 Å². The number of hydrogen-bond acceptors (Lipinski definition) is 7. The maximum atomic E-state index is 10.4. The number of aliphatic hydroxyl groups excluding tert-OH is 4. The smallest absolute Gasteiger partial charge is 0.194 e. The Labute approximate surface area is 103 Å². The molecule has 0 aliphatic carbocycles. The molecule has 0 saturated heterocycles. The van der Waals surface area contributed by atoms with Gasteiger partial charge >= 0.3 is 0 Å². The average molecular weight is 260 g/mol. The Bertz CT molecular complexity index is 346. The summed E-state index contributed by atoms with van der Waals surface area (Å²) in [5, 5.41) is 34.1. The van der Waals surface area contributed by atoms with E-state index in [0.717, 1.165) is 0 Å². The largest absolute Gasteiger partial charge is 0.461 e. The topological polar surface area (TPSA) is 128 Å². The van der Waals surface area contributed by atoms with Gasteiger partial charge in [0.15, 0.2) is 17.8 Å². The summed E-state index contributed by atoms with van der Waals surface area (Å²) >= 11 is 0. The number of aldehydes is 1. The van der Waals surface area contributed by atoms with E-state index in [1.54, 1.807) is 12.1 Å². The van der Waals surface area contributed by atoms with E-state index in [1.165, 1.54) is 13.2 Å². The number of furan rings is 1. The quantitative estimate of drug-likeness (QED) is 0.384. The average Bonchev–Trinajstić information content (AvgIpc) is 2.90. The van der Waals surface area contributed by atoms with Crippen LogP contribution in [0.25, 0.3) is 0 Å². The Balaban J connectivity index is 0.000000327. The molecular formula is C11H16O7. The molecule has 1 heterocycles. The van der Waals surface area contributed by atoms with E-state index in [4.69, 9.17) is 24.8 Å². The highest BCUT2D eigenvalue weighted by Crippen LogP contribution is 1.99. The van der Waals surface area contributed by atoms with Gasteiger partial charge in [-0.1, -0.05) is 0 Å². The van der Waals surface area contributed by atoms with Gasteiger partial charge in [0.1, 0.15) is 18.3 Å². The number of aliphatic hydroxyl groups is 4. The van der Waals surface area contributed by atoms with Gasteiger partial charge < -0.3 is 29.6 Å². The Hall–Kier alpha value is -1.54. The lowest BCUT2D eigenvalue weighted by Gasteiger charge is -2.16. The van der Waals surface area contributed by atoms with Gasteiger partial charge in [-0.25, -0.2) is 0 Å². The molecule has 0 amide bonds. The van der Waals surface area contributed by atoms with E-state index in [2.05, 4.69) is 0 Å². The number of ketones is 1. The number of Topliss-reactive ketones (excluding diaryl/α,β-unsaturated/α-hetero) is 1. The normalized spacial score (nSPS) is 14.9. The van der Waals surface area contributed by atoms with E-state index in [1.807, 2.05) is 0 Å². The minimum Gasteiger partial charge on any atom is -0.461 e. The van der Waals surface area contributed by atoms with E-state index >= 15 is 0 Å². The summed E-state index contributed by atoms with van der Waals surface area (Å²) in [5.74, 6) is 0.389. The molecule has 0 fully saturated rings. The fourth-order valence-corrected chi connectivity index (χ4v) is 0.895. The molecule has 1 aromatic heterocycles. The third-order valence-electron chi connectivity index (χ3n) is 1.94. The highest BCUT2D eigenvalue weighted by atomic mass is 16.4. The van der Waals surface area contributed by atoms with Crippen LogP contribution in [0.2, 0.25) is 0 Å². The van der Waals surface area contributed by atoms with Crippen LogP contribution in [0.4, 0.5) is 0 Å².